The fourth-order valence-corrected chi connectivity index (χ4v) is 3.04. The van der Waals surface area contributed by atoms with Gasteiger partial charge in [-0.05, 0) is 43.1 Å². The Hall–Kier alpha value is -0.220. The van der Waals surface area contributed by atoms with Crippen LogP contribution >= 0.6 is 11.8 Å². The molecule has 0 aromatic heterocycles. The van der Waals surface area contributed by atoms with Crippen LogP contribution in [0.5, 0.6) is 0 Å². The Morgan fingerprint density at radius 2 is 2.12 bits per heavy atom. The van der Waals surface area contributed by atoms with Crippen molar-refractivity contribution >= 4 is 17.7 Å². The quantitative estimate of drug-likeness (QED) is 0.793. The summed E-state index contributed by atoms with van der Waals surface area (Å²) in [5.74, 6) is 1.12. The van der Waals surface area contributed by atoms with Gasteiger partial charge in [-0.2, -0.15) is 11.8 Å². The van der Waals surface area contributed by atoms with E-state index in [-0.39, 0.29) is 11.9 Å². The zero-order valence-electron chi connectivity index (χ0n) is 11.4. The molecule has 1 heterocycles. The van der Waals surface area contributed by atoms with Gasteiger partial charge in [0.1, 0.15) is 0 Å². The molecule has 0 spiro atoms. The van der Waals surface area contributed by atoms with Crippen LogP contribution in [-0.4, -0.2) is 41.9 Å². The van der Waals surface area contributed by atoms with Crippen LogP contribution < -0.4 is 5.73 Å². The maximum atomic E-state index is 12.2. The van der Waals surface area contributed by atoms with Crippen LogP contribution in [0.4, 0.5) is 0 Å². The first kappa shape index (κ1) is 14.8. The highest BCUT2D eigenvalue weighted by molar-refractivity contribution is 7.98. The molecule has 1 aliphatic rings. The predicted octanol–water partition coefficient (Wildman–Crippen LogP) is 2.11. The van der Waals surface area contributed by atoms with Crippen LogP contribution in [0.1, 0.15) is 39.5 Å². The number of amides is 1. The number of hydrogen-bond donors (Lipinski definition) is 1. The smallest absolute Gasteiger partial charge is 0.239 e. The molecule has 0 bridgehead atoms. The summed E-state index contributed by atoms with van der Waals surface area (Å²) in [6.07, 6.45) is 6.30. The third-order valence-electron chi connectivity index (χ3n) is 4.20. The molecule has 1 fully saturated rings. The topological polar surface area (TPSA) is 46.3 Å². The van der Waals surface area contributed by atoms with E-state index in [4.69, 9.17) is 5.73 Å². The number of carbonyl (C=O) groups is 1. The number of thioether (sulfide) groups is 1. The van der Waals surface area contributed by atoms with Crippen LogP contribution in [0.15, 0.2) is 0 Å². The van der Waals surface area contributed by atoms with Crippen molar-refractivity contribution in [3.05, 3.63) is 0 Å². The molecule has 1 amide bonds. The van der Waals surface area contributed by atoms with E-state index in [1.165, 1.54) is 0 Å². The molecule has 17 heavy (non-hydrogen) atoms. The number of rotatable bonds is 6. The third kappa shape index (κ3) is 3.62. The lowest BCUT2D eigenvalue weighted by atomic mass is 9.82. The van der Waals surface area contributed by atoms with Crippen molar-refractivity contribution in [1.82, 2.24) is 4.90 Å². The summed E-state index contributed by atoms with van der Waals surface area (Å²) in [7, 11) is 0. The SMILES string of the molecule is CCC1(CC)CCN(C(=O)[C@H](N)CCSC)C1. The number of nitrogens with two attached hydrogens (primary N) is 1. The van der Waals surface area contributed by atoms with Gasteiger partial charge in [0, 0.05) is 13.1 Å². The van der Waals surface area contributed by atoms with Crippen molar-refractivity contribution in [3.63, 3.8) is 0 Å². The first-order chi connectivity index (χ1) is 8.08. The average molecular weight is 258 g/mol. The van der Waals surface area contributed by atoms with Gasteiger partial charge in [-0.3, -0.25) is 4.79 Å². The maximum Gasteiger partial charge on any atom is 0.239 e. The molecule has 0 aromatic carbocycles. The van der Waals surface area contributed by atoms with Crippen LogP contribution in [0.2, 0.25) is 0 Å². The summed E-state index contributed by atoms with van der Waals surface area (Å²) in [6.45, 7) is 6.26. The summed E-state index contributed by atoms with van der Waals surface area (Å²) in [4.78, 5) is 14.1. The lowest BCUT2D eigenvalue weighted by Crippen LogP contribution is -2.43. The van der Waals surface area contributed by atoms with E-state index in [1.54, 1.807) is 11.8 Å². The molecule has 100 valence electrons. The second-order valence-corrected chi connectivity index (χ2v) is 6.09. The molecule has 1 saturated heterocycles. The highest BCUT2D eigenvalue weighted by Crippen LogP contribution is 2.37. The van der Waals surface area contributed by atoms with Crippen LogP contribution in [0.3, 0.4) is 0 Å². The number of carbonyl (C=O) groups excluding carboxylic acids is 1. The van der Waals surface area contributed by atoms with Crippen LogP contribution in [0, 0.1) is 5.41 Å². The van der Waals surface area contributed by atoms with Crippen molar-refractivity contribution in [2.45, 2.75) is 45.6 Å². The standard InChI is InChI=1S/C13H26N2OS/c1-4-13(5-2)7-8-15(10-13)12(16)11(14)6-9-17-3/h11H,4-10,14H2,1-3H3/t11-/m1/s1. The normalized spacial score (nSPS) is 20.6. The van der Waals surface area contributed by atoms with Gasteiger partial charge in [0.05, 0.1) is 6.04 Å². The molecule has 1 atom stereocenters. The van der Waals surface area contributed by atoms with E-state index in [0.717, 1.165) is 44.5 Å². The summed E-state index contributed by atoms with van der Waals surface area (Å²) in [6, 6.07) is -0.299. The molecule has 0 unspecified atom stereocenters. The van der Waals surface area contributed by atoms with Gasteiger partial charge >= 0.3 is 0 Å². The van der Waals surface area contributed by atoms with Gasteiger partial charge in [0.25, 0.3) is 0 Å². The molecule has 0 aliphatic carbocycles. The Balaban J connectivity index is 2.50. The zero-order valence-corrected chi connectivity index (χ0v) is 12.2. The molecule has 1 rings (SSSR count). The largest absolute Gasteiger partial charge is 0.341 e. The summed E-state index contributed by atoms with van der Waals surface area (Å²) < 4.78 is 0. The molecule has 1 aliphatic heterocycles. The van der Waals surface area contributed by atoms with E-state index in [9.17, 15) is 4.79 Å². The van der Waals surface area contributed by atoms with Gasteiger partial charge < -0.3 is 10.6 Å². The minimum Gasteiger partial charge on any atom is -0.341 e. The average Bonchev–Trinajstić information content (AvgIpc) is 2.80. The number of hydrogen-bond acceptors (Lipinski definition) is 3. The van der Waals surface area contributed by atoms with Gasteiger partial charge in [-0.25, -0.2) is 0 Å². The van der Waals surface area contributed by atoms with Gasteiger partial charge in [0.15, 0.2) is 0 Å². The highest BCUT2D eigenvalue weighted by Gasteiger charge is 2.37. The molecular weight excluding hydrogens is 232 g/mol. The van der Waals surface area contributed by atoms with Gasteiger partial charge in [-0.15, -0.1) is 0 Å². The third-order valence-corrected chi connectivity index (χ3v) is 4.84. The minimum absolute atomic E-state index is 0.155. The summed E-state index contributed by atoms with van der Waals surface area (Å²) in [5, 5.41) is 0. The Morgan fingerprint density at radius 1 is 1.47 bits per heavy atom. The zero-order chi connectivity index (χ0) is 12.9. The molecule has 0 saturated carbocycles. The monoisotopic (exact) mass is 258 g/mol. The molecular formula is C13H26N2OS. The maximum absolute atomic E-state index is 12.2. The van der Waals surface area contributed by atoms with Crippen molar-refractivity contribution in [2.75, 3.05) is 25.1 Å². The van der Waals surface area contributed by atoms with Crippen molar-refractivity contribution in [1.29, 1.82) is 0 Å². The Morgan fingerprint density at radius 3 is 2.59 bits per heavy atom. The van der Waals surface area contributed by atoms with Crippen LogP contribution in [-0.2, 0) is 4.79 Å². The lowest BCUT2D eigenvalue weighted by Gasteiger charge is -2.27. The van der Waals surface area contributed by atoms with Gasteiger partial charge in [0.2, 0.25) is 5.91 Å². The van der Waals surface area contributed by atoms with E-state index in [2.05, 4.69) is 13.8 Å². The Bertz CT molecular complexity index is 254. The molecule has 0 aromatic rings. The molecule has 0 radical (unpaired) electrons. The Kier molecular flexibility index (Phi) is 5.80. The first-order valence-electron chi connectivity index (χ1n) is 6.62. The lowest BCUT2D eigenvalue weighted by molar-refractivity contribution is -0.132. The molecule has 2 N–H and O–H groups in total. The summed E-state index contributed by atoms with van der Waals surface area (Å²) in [5.41, 5.74) is 6.31. The van der Waals surface area contributed by atoms with Crippen LogP contribution in [0.25, 0.3) is 0 Å². The van der Waals surface area contributed by atoms with E-state index in [0.29, 0.717) is 5.41 Å². The van der Waals surface area contributed by atoms with Crippen molar-refractivity contribution in [2.24, 2.45) is 11.1 Å². The fourth-order valence-electron chi connectivity index (χ4n) is 2.55. The highest BCUT2D eigenvalue weighted by atomic mass is 32.2. The second kappa shape index (κ2) is 6.64. The Labute approximate surface area is 109 Å². The minimum atomic E-state index is -0.299. The molecule has 4 heteroatoms. The summed E-state index contributed by atoms with van der Waals surface area (Å²) >= 11 is 1.75. The first-order valence-corrected chi connectivity index (χ1v) is 8.01. The van der Waals surface area contributed by atoms with E-state index < -0.39 is 0 Å². The van der Waals surface area contributed by atoms with Crippen molar-refractivity contribution < 1.29 is 4.79 Å². The predicted molar refractivity (Wildman–Crippen MR) is 75.2 cm³/mol. The number of nitrogens with zero attached hydrogens (tertiary/aromatic N) is 1. The fraction of sp³-hybridized carbons (Fsp3) is 0.923. The van der Waals surface area contributed by atoms with Gasteiger partial charge in [-0.1, -0.05) is 13.8 Å². The van der Waals surface area contributed by atoms with E-state index in [1.807, 2.05) is 11.2 Å². The number of likely N-dealkylation sites (tertiary alicyclic amines) is 1. The molecule has 3 nitrogen and oxygen atoms in total. The second-order valence-electron chi connectivity index (χ2n) is 5.10. The van der Waals surface area contributed by atoms with E-state index >= 15 is 0 Å². The van der Waals surface area contributed by atoms with Crippen molar-refractivity contribution in [3.8, 4) is 0 Å².